The molecular weight excluding hydrogens is 426 g/mol. The number of ketones is 1. The summed E-state index contributed by atoms with van der Waals surface area (Å²) in [7, 11) is 0. The van der Waals surface area contributed by atoms with E-state index >= 15 is 0 Å². The van der Waals surface area contributed by atoms with Gasteiger partial charge in [-0.2, -0.15) is 5.26 Å². The Morgan fingerprint density at radius 3 is 2.77 bits per heavy atom. The number of hydrogen-bond donors (Lipinski definition) is 1. The van der Waals surface area contributed by atoms with E-state index in [-0.39, 0.29) is 5.78 Å². The van der Waals surface area contributed by atoms with Gasteiger partial charge in [0.1, 0.15) is 5.82 Å². The Bertz CT molecular complexity index is 1160. The van der Waals surface area contributed by atoms with Crippen LogP contribution in [0.4, 0.5) is 5.13 Å². The quantitative estimate of drug-likeness (QED) is 0.544. The number of nitrogens with zero attached hydrogens (tertiary/aromatic N) is 4. The summed E-state index contributed by atoms with van der Waals surface area (Å²) in [6.45, 7) is 2.09. The number of allylic oxidation sites excluding steroid dienone is 3. The normalized spacial score (nSPS) is 18.6. The lowest BCUT2D eigenvalue weighted by atomic mass is 9.75. The molecule has 156 valence electrons. The van der Waals surface area contributed by atoms with Gasteiger partial charge in [-0.15, -0.1) is 16.6 Å². The average molecular weight is 448 g/mol. The maximum absolute atomic E-state index is 13.1. The second kappa shape index (κ2) is 8.97. The monoisotopic (exact) mass is 447 g/mol. The summed E-state index contributed by atoms with van der Waals surface area (Å²) in [6, 6.07) is 10.4. The highest BCUT2D eigenvalue weighted by Crippen LogP contribution is 2.47. The lowest BCUT2D eigenvalue weighted by Gasteiger charge is -2.38. The van der Waals surface area contributed by atoms with Crippen LogP contribution >= 0.6 is 23.1 Å². The van der Waals surface area contributed by atoms with Gasteiger partial charge >= 0.3 is 0 Å². The lowest BCUT2D eigenvalue weighted by Crippen LogP contribution is -2.38. The predicted molar refractivity (Wildman–Crippen MR) is 123 cm³/mol. The summed E-state index contributed by atoms with van der Waals surface area (Å²) < 4.78 is 0.723. The van der Waals surface area contributed by atoms with Crippen molar-refractivity contribution in [1.29, 1.82) is 5.26 Å². The zero-order valence-corrected chi connectivity index (χ0v) is 18.7. The van der Waals surface area contributed by atoms with Crippen LogP contribution in [0.25, 0.3) is 0 Å². The maximum Gasteiger partial charge on any atom is 0.219 e. The molecule has 6 nitrogen and oxygen atoms in total. The molecule has 0 saturated heterocycles. The molecule has 2 aliphatic rings. The third kappa shape index (κ3) is 3.85. The topological polar surface area (TPSA) is 95.9 Å². The Kier molecular flexibility index (Phi) is 6.13. The van der Waals surface area contributed by atoms with Crippen LogP contribution < -0.4 is 10.6 Å². The molecular formula is C23H21N5OS2. The second-order valence-corrected chi connectivity index (χ2v) is 9.43. The van der Waals surface area contributed by atoms with Gasteiger partial charge in [-0.3, -0.25) is 9.69 Å². The molecule has 0 spiro atoms. The number of nitrogens with two attached hydrogens (primary N) is 1. The predicted octanol–water partition coefficient (Wildman–Crippen LogP) is 4.13. The minimum absolute atomic E-state index is 0.0579. The highest BCUT2D eigenvalue weighted by Gasteiger charge is 2.41. The molecule has 1 aromatic heterocycles. The number of aryl methyl sites for hydroxylation is 1. The largest absolute Gasteiger partial charge is 0.384 e. The van der Waals surface area contributed by atoms with Gasteiger partial charge in [0.15, 0.2) is 10.1 Å². The molecule has 0 bridgehead atoms. The van der Waals surface area contributed by atoms with Crippen LogP contribution in [0.5, 0.6) is 0 Å². The van der Waals surface area contributed by atoms with E-state index in [1.807, 2.05) is 24.3 Å². The Balaban J connectivity index is 1.85. The van der Waals surface area contributed by atoms with Crippen LogP contribution in [0.3, 0.4) is 0 Å². The van der Waals surface area contributed by atoms with Crippen molar-refractivity contribution in [1.82, 2.24) is 10.2 Å². The highest BCUT2D eigenvalue weighted by atomic mass is 32.2. The van der Waals surface area contributed by atoms with Crippen LogP contribution in [0.2, 0.25) is 0 Å². The first kappa shape index (κ1) is 21.2. The van der Waals surface area contributed by atoms with Gasteiger partial charge in [-0.25, -0.2) is 0 Å². The van der Waals surface area contributed by atoms with Gasteiger partial charge in [0.05, 0.1) is 23.3 Å². The number of terminal acetylenes is 1. The summed E-state index contributed by atoms with van der Waals surface area (Å²) in [6.07, 6.45) is 8.16. The van der Waals surface area contributed by atoms with Crippen molar-refractivity contribution < 1.29 is 4.79 Å². The molecule has 0 saturated carbocycles. The molecule has 0 fully saturated rings. The van der Waals surface area contributed by atoms with Gasteiger partial charge < -0.3 is 5.73 Å². The molecule has 2 heterocycles. The van der Waals surface area contributed by atoms with Gasteiger partial charge in [-0.1, -0.05) is 60.2 Å². The number of nitriles is 1. The van der Waals surface area contributed by atoms with E-state index in [2.05, 4.69) is 29.1 Å². The minimum atomic E-state index is -0.460. The van der Waals surface area contributed by atoms with Crippen molar-refractivity contribution in [2.24, 2.45) is 5.73 Å². The maximum atomic E-state index is 13.1. The first-order valence-electron chi connectivity index (χ1n) is 10.0. The van der Waals surface area contributed by atoms with Gasteiger partial charge in [0.2, 0.25) is 5.13 Å². The molecule has 1 unspecified atom stereocenters. The number of rotatable bonds is 5. The number of carbonyl (C=O) groups is 1. The number of aromatic nitrogens is 2. The van der Waals surface area contributed by atoms with E-state index < -0.39 is 5.92 Å². The summed E-state index contributed by atoms with van der Waals surface area (Å²) in [5.41, 5.74) is 10.5. The number of anilines is 1. The standard InChI is InChI=1S/C23H21N5OS2/c1-3-12-30-23-27-26-22(31-23)28-17-6-5-7-18(29)20(17)19(16(13-24)21(28)25)15-10-8-14(4-2)9-11-15/h1,8-11,19H,4-7,12,25H2,2H3. The molecule has 2 aromatic rings. The summed E-state index contributed by atoms with van der Waals surface area (Å²) in [5.74, 6) is 2.97. The zero-order valence-electron chi connectivity index (χ0n) is 17.1. The summed E-state index contributed by atoms with van der Waals surface area (Å²) in [4.78, 5) is 14.9. The van der Waals surface area contributed by atoms with Crippen molar-refractivity contribution in [3.63, 3.8) is 0 Å². The summed E-state index contributed by atoms with van der Waals surface area (Å²) in [5, 5.41) is 19.1. The number of carbonyl (C=O) groups excluding carboxylic acids is 1. The first-order valence-corrected chi connectivity index (χ1v) is 11.8. The third-order valence-corrected chi connectivity index (χ3v) is 7.45. The van der Waals surface area contributed by atoms with Gasteiger partial charge in [0.25, 0.3) is 0 Å². The Morgan fingerprint density at radius 2 is 2.10 bits per heavy atom. The van der Waals surface area contributed by atoms with E-state index in [9.17, 15) is 10.1 Å². The Labute approximate surface area is 189 Å². The molecule has 4 rings (SSSR count). The molecule has 2 N–H and O–H groups in total. The Hall–Kier alpha value is -3.07. The van der Waals surface area contributed by atoms with E-state index in [4.69, 9.17) is 12.2 Å². The van der Waals surface area contributed by atoms with E-state index in [0.29, 0.717) is 40.7 Å². The van der Waals surface area contributed by atoms with Crippen LogP contribution in [-0.4, -0.2) is 21.7 Å². The van der Waals surface area contributed by atoms with Gasteiger partial charge in [0, 0.05) is 17.7 Å². The van der Waals surface area contributed by atoms with E-state index in [1.165, 1.54) is 28.7 Å². The molecule has 1 atom stereocenters. The fourth-order valence-electron chi connectivity index (χ4n) is 4.04. The van der Waals surface area contributed by atoms with Crippen molar-refractivity contribution in [2.75, 3.05) is 10.7 Å². The molecule has 1 aliphatic carbocycles. The van der Waals surface area contributed by atoms with E-state index in [0.717, 1.165) is 28.4 Å². The molecule has 1 aliphatic heterocycles. The number of thioether (sulfide) groups is 1. The van der Waals surface area contributed by atoms with Crippen LogP contribution in [-0.2, 0) is 11.2 Å². The third-order valence-electron chi connectivity index (χ3n) is 5.50. The molecule has 0 radical (unpaired) electrons. The Morgan fingerprint density at radius 1 is 1.32 bits per heavy atom. The number of Topliss-reactive ketones (excluding diaryl/α,β-unsaturated/α-hetero) is 1. The fourth-order valence-corrected chi connectivity index (χ4v) is 5.60. The second-order valence-electron chi connectivity index (χ2n) is 7.25. The van der Waals surface area contributed by atoms with Crippen molar-refractivity contribution in [3.8, 4) is 18.4 Å². The SMILES string of the molecule is C#CCSc1nnc(N2C(N)=C(C#N)C(c3ccc(CC)cc3)C3=C2CCCC3=O)s1. The van der Waals surface area contributed by atoms with Crippen LogP contribution in [0.15, 0.2) is 51.3 Å². The van der Waals surface area contributed by atoms with E-state index in [1.54, 1.807) is 4.90 Å². The fraction of sp³-hybridized carbons (Fsp3) is 0.304. The molecule has 1 aromatic carbocycles. The molecule has 31 heavy (non-hydrogen) atoms. The molecule has 8 heteroatoms. The van der Waals surface area contributed by atoms with Crippen LogP contribution in [0.1, 0.15) is 43.2 Å². The summed E-state index contributed by atoms with van der Waals surface area (Å²) >= 11 is 2.78. The van der Waals surface area contributed by atoms with Crippen molar-refractivity contribution in [3.05, 3.63) is 58.1 Å². The minimum Gasteiger partial charge on any atom is -0.384 e. The van der Waals surface area contributed by atoms with Crippen LogP contribution in [0, 0.1) is 23.7 Å². The number of benzene rings is 1. The van der Waals surface area contributed by atoms with Crippen molar-refractivity contribution in [2.45, 2.75) is 42.9 Å². The highest BCUT2D eigenvalue weighted by molar-refractivity contribution is 8.01. The first-order chi connectivity index (χ1) is 15.1. The number of hydrogen-bond acceptors (Lipinski definition) is 8. The van der Waals surface area contributed by atoms with Crippen molar-refractivity contribution >= 4 is 34.0 Å². The van der Waals surface area contributed by atoms with Gasteiger partial charge in [-0.05, 0) is 30.4 Å². The average Bonchev–Trinajstić information content (AvgIpc) is 3.25. The lowest BCUT2D eigenvalue weighted by molar-refractivity contribution is -0.116. The zero-order chi connectivity index (χ0) is 22.0. The molecule has 0 amide bonds. The smallest absolute Gasteiger partial charge is 0.219 e.